The van der Waals surface area contributed by atoms with Crippen LogP contribution in [0.3, 0.4) is 0 Å². The lowest BCUT2D eigenvalue weighted by Crippen LogP contribution is -2.18. The van der Waals surface area contributed by atoms with Crippen LogP contribution < -0.4 is 9.47 Å². The molecule has 0 saturated carbocycles. The molecule has 1 fully saturated rings. The molecular formula is C15H21NO3. The summed E-state index contributed by atoms with van der Waals surface area (Å²) in [6.45, 7) is 2.84. The largest absolute Gasteiger partial charge is 0.496 e. The lowest BCUT2D eigenvalue weighted by atomic mass is 9.95. The van der Waals surface area contributed by atoms with E-state index in [4.69, 9.17) is 9.47 Å². The van der Waals surface area contributed by atoms with Gasteiger partial charge >= 0.3 is 0 Å². The van der Waals surface area contributed by atoms with Gasteiger partial charge in [0, 0.05) is 31.5 Å². The van der Waals surface area contributed by atoms with Crippen LogP contribution in [0.2, 0.25) is 0 Å². The molecule has 0 aliphatic carbocycles. The standard InChI is InChI=1S/C15H21NO3/c1-5-12-13(18-3)6-10(7-14(12)19-4)11-8-15(17)16(2)9-11/h6-7,11H,5,8-9H2,1-4H3. The average Bonchev–Trinajstić information content (AvgIpc) is 2.76. The predicted octanol–water partition coefficient (Wildman–Crippen LogP) is 2.21. The predicted molar refractivity (Wildman–Crippen MR) is 73.9 cm³/mol. The number of likely N-dealkylation sites (N-methyl/N-ethyl adjacent to an activating group) is 1. The topological polar surface area (TPSA) is 38.8 Å². The van der Waals surface area contributed by atoms with Crippen LogP contribution in [-0.4, -0.2) is 38.6 Å². The smallest absolute Gasteiger partial charge is 0.223 e. The highest BCUT2D eigenvalue weighted by Gasteiger charge is 2.29. The molecule has 19 heavy (non-hydrogen) atoms. The summed E-state index contributed by atoms with van der Waals surface area (Å²) in [5.41, 5.74) is 2.19. The molecule has 1 unspecified atom stereocenters. The van der Waals surface area contributed by atoms with E-state index in [0.29, 0.717) is 6.42 Å². The highest BCUT2D eigenvalue weighted by molar-refractivity contribution is 5.79. The molecule has 104 valence electrons. The van der Waals surface area contributed by atoms with Crippen LogP contribution in [0.4, 0.5) is 0 Å². The van der Waals surface area contributed by atoms with E-state index in [0.717, 1.165) is 35.6 Å². The number of benzene rings is 1. The molecule has 1 aromatic rings. The normalized spacial score (nSPS) is 18.8. The van der Waals surface area contributed by atoms with Gasteiger partial charge in [0.1, 0.15) is 11.5 Å². The van der Waals surface area contributed by atoms with Crippen LogP contribution in [0.25, 0.3) is 0 Å². The van der Waals surface area contributed by atoms with Crippen molar-refractivity contribution in [1.82, 2.24) is 4.90 Å². The molecular weight excluding hydrogens is 242 g/mol. The molecule has 1 aliphatic rings. The molecule has 1 heterocycles. The van der Waals surface area contributed by atoms with Gasteiger partial charge in [-0.15, -0.1) is 0 Å². The quantitative estimate of drug-likeness (QED) is 0.836. The van der Waals surface area contributed by atoms with Crippen LogP contribution in [0.5, 0.6) is 11.5 Å². The Labute approximate surface area is 114 Å². The van der Waals surface area contributed by atoms with E-state index >= 15 is 0 Å². The molecule has 1 aromatic carbocycles. The van der Waals surface area contributed by atoms with E-state index in [9.17, 15) is 4.79 Å². The lowest BCUT2D eigenvalue weighted by Gasteiger charge is -2.17. The van der Waals surface area contributed by atoms with Crippen LogP contribution in [0, 0.1) is 0 Å². The maximum absolute atomic E-state index is 11.7. The Morgan fingerprint density at radius 3 is 2.21 bits per heavy atom. The third-order valence-corrected chi connectivity index (χ3v) is 3.80. The number of likely N-dealkylation sites (tertiary alicyclic amines) is 1. The van der Waals surface area contributed by atoms with Gasteiger partial charge in [0.05, 0.1) is 14.2 Å². The molecule has 2 rings (SSSR count). The van der Waals surface area contributed by atoms with E-state index < -0.39 is 0 Å². The van der Waals surface area contributed by atoms with Gasteiger partial charge in [-0.1, -0.05) is 6.92 Å². The number of amides is 1. The third-order valence-electron chi connectivity index (χ3n) is 3.80. The van der Waals surface area contributed by atoms with E-state index in [1.165, 1.54) is 0 Å². The van der Waals surface area contributed by atoms with Crippen molar-refractivity contribution < 1.29 is 14.3 Å². The number of hydrogen-bond donors (Lipinski definition) is 0. The Bertz CT molecular complexity index is 459. The van der Waals surface area contributed by atoms with Gasteiger partial charge in [0.25, 0.3) is 0 Å². The Hall–Kier alpha value is -1.71. The molecule has 0 radical (unpaired) electrons. The Morgan fingerprint density at radius 2 is 1.84 bits per heavy atom. The Morgan fingerprint density at radius 1 is 1.26 bits per heavy atom. The summed E-state index contributed by atoms with van der Waals surface area (Å²) in [6, 6.07) is 4.08. The summed E-state index contributed by atoms with van der Waals surface area (Å²) in [5.74, 6) is 2.12. The average molecular weight is 263 g/mol. The van der Waals surface area contributed by atoms with Gasteiger partial charge in [-0.3, -0.25) is 4.79 Å². The lowest BCUT2D eigenvalue weighted by molar-refractivity contribution is -0.126. The minimum Gasteiger partial charge on any atom is -0.496 e. The summed E-state index contributed by atoms with van der Waals surface area (Å²) in [7, 11) is 5.19. The van der Waals surface area contributed by atoms with E-state index in [1.54, 1.807) is 19.1 Å². The van der Waals surface area contributed by atoms with Crippen LogP contribution in [0.1, 0.15) is 30.4 Å². The number of rotatable bonds is 4. The van der Waals surface area contributed by atoms with Gasteiger partial charge in [0.15, 0.2) is 0 Å². The number of carbonyl (C=O) groups is 1. The van der Waals surface area contributed by atoms with Crippen molar-refractivity contribution in [2.45, 2.75) is 25.7 Å². The van der Waals surface area contributed by atoms with Crippen molar-refractivity contribution in [1.29, 1.82) is 0 Å². The summed E-state index contributed by atoms with van der Waals surface area (Å²) < 4.78 is 10.9. The van der Waals surface area contributed by atoms with E-state index in [2.05, 4.69) is 6.92 Å². The first-order chi connectivity index (χ1) is 9.10. The molecule has 1 atom stereocenters. The minimum atomic E-state index is 0.197. The first kappa shape index (κ1) is 13.7. The minimum absolute atomic E-state index is 0.197. The second-order valence-corrected chi connectivity index (χ2v) is 4.93. The Balaban J connectivity index is 2.39. The second-order valence-electron chi connectivity index (χ2n) is 4.93. The molecule has 0 N–H and O–H groups in total. The summed E-state index contributed by atoms with van der Waals surface area (Å²) in [5, 5.41) is 0. The highest BCUT2D eigenvalue weighted by Crippen LogP contribution is 2.36. The summed E-state index contributed by atoms with van der Waals surface area (Å²) in [4.78, 5) is 13.4. The van der Waals surface area contributed by atoms with Crippen molar-refractivity contribution in [2.75, 3.05) is 27.8 Å². The zero-order valence-corrected chi connectivity index (χ0v) is 12.0. The highest BCUT2D eigenvalue weighted by atomic mass is 16.5. The number of ether oxygens (including phenoxy) is 2. The van der Waals surface area contributed by atoms with E-state index in [-0.39, 0.29) is 11.8 Å². The van der Waals surface area contributed by atoms with Crippen molar-refractivity contribution in [3.8, 4) is 11.5 Å². The number of methoxy groups -OCH3 is 2. The van der Waals surface area contributed by atoms with Crippen molar-refractivity contribution in [3.63, 3.8) is 0 Å². The van der Waals surface area contributed by atoms with Crippen molar-refractivity contribution in [3.05, 3.63) is 23.3 Å². The van der Waals surface area contributed by atoms with Gasteiger partial charge in [-0.05, 0) is 24.1 Å². The van der Waals surface area contributed by atoms with Crippen molar-refractivity contribution in [2.24, 2.45) is 0 Å². The molecule has 1 saturated heterocycles. The molecule has 0 spiro atoms. The monoisotopic (exact) mass is 263 g/mol. The first-order valence-electron chi connectivity index (χ1n) is 6.59. The van der Waals surface area contributed by atoms with E-state index in [1.807, 2.05) is 19.2 Å². The maximum atomic E-state index is 11.7. The van der Waals surface area contributed by atoms with Gasteiger partial charge < -0.3 is 14.4 Å². The number of carbonyl (C=O) groups excluding carboxylic acids is 1. The van der Waals surface area contributed by atoms with Gasteiger partial charge in [-0.2, -0.15) is 0 Å². The van der Waals surface area contributed by atoms with Gasteiger partial charge in [-0.25, -0.2) is 0 Å². The fourth-order valence-electron chi connectivity index (χ4n) is 2.68. The Kier molecular flexibility index (Phi) is 3.98. The third kappa shape index (κ3) is 2.53. The van der Waals surface area contributed by atoms with Crippen LogP contribution in [0.15, 0.2) is 12.1 Å². The SMILES string of the molecule is CCc1c(OC)cc(C2CC(=O)N(C)C2)cc1OC. The van der Waals surface area contributed by atoms with Crippen molar-refractivity contribution >= 4 is 5.91 Å². The molecule has 4 heteroatoms. The first-order valence-corrected chi connectivity index (χ1v) is 6.59. The zero-order valence-electron chi connectivity index (χ0n) is 12.0. The second kappa shape index (κ2) is 5.51. The maximum Gasteiger partial charge on any atom is 0.223 e. The molecule has 1 aliphatic heterocycles. The number of nitrogens with zero attached hydrogens (tertiary/aromatic N) is 1. The summed E-state index contributed by atoms with van der Waals surface area (Å²) >= 11 is 0. The fourth-order valence-corrected chi connectivity index (χ4v) is 2.68. The summed E-state index contributed by atoms with van der Waals surface area (Å²) in [6.07, 6.45) is 1.42. The van der Waals surface area contributed by atoms with Crippen LogP contribution in [-0.2, 0) is 11.2 Å². The van der Waals surface area contributed by atoms with Crippen LogP contribution >= 0.6 is 0 Å². The number of hydrogen-bond acceptors (Lipinski definition) is 3. The zero-order chi connectivity index (χ0) is 14.0. The molecule has 0 bridgehead atoms. The fraction of sp³-hybridized carbons (Fsp3) is 0.533. The molecule has 0 aromatic heterocycles. The van der Waals surface area contributed by atoms with Gasteiger partial charge in [0.2, 0.25) is 5.91 Å². The molecule has 4 nitrogen and oxygen atoms in total. The molecule has 1 amide bonds.